The topological polar surface area (TPSA) is 99.0 Å². The zero-order chi connectivity index (χ0) is 21.8. The summed E-state index contributed by atoms with van der Waals surface area (Å²) in [7, 11) is 1.33. The maximum atomic E-state index is 12.8. The molecule has 0 aliphatic rings. The number of rotatable bonds is 8. The number of nitrogens with one attached hydrogen (secondary N) is 4. The Morgan fingerprint density at radius 3 is 2.74 bits per heavy atom. The summed E-state index contributed by atoms with van der Waals surface area (Å²) < 4.78 is 4.93. The normalized spacial score (nSPS) is 13.2. The Labute approximate surface area is 180 Å². The van der Waals surface area contributed by atoms with Gasteiger partial charge in [-0.3, -0.25) is 4.79 Å². The van der Waals surface area contributed by atoms with Crippen molar-refractivity contribution >= 4 is 33.7 Å². The molecule has 0 unspecified atom stereocenters. The molecule has 2 atom stereocenters. The summed E-state index contributed by atoms with van der Waals surface area (Å²) >= 11 is 0. The van der Waals surface area contributed by atoms with E-state index in [1.807, 2.05) is 54.9 Å². The van der Waals surface area contributed by atoms with E-state index in [1.165, 1.54) is 7.11 Å². The fraction of sp³-hybridized carbons (Fsp3) is 0.250. The average Bonchev–Trinajstić information content (AvgIpc) is 3.43. The molecule has 1 amide bonds. The fourth-order valence-corrected chi connectivity index (χ4v) is 3.73. The van der Waals surface area contributed by atoms with Crippen LogP contribution < -0.4 is 10.6 Å². The molecule has 0 bridgehead atoms. The third-order valence-electron chi connectivity index (χ3n) is 5.52. The number of H-pyrrole nitrogens is 2. The number of methoxy groups -OCH3 is 1. The molecule has 4 N–H and O–H groups in total. The molecule has 0 fully saturated rings. The van der Waals surface area contributed by atoms with Gasteiger partial charge in [0.05, 0.1) is 13.2 Å². The quantitative estimate of drug-likeness (QED) is 0.331. The molecule has 0 saturated heterocycles. The van der Waals surface area contributed by atoms with E-state index in [9.17, 15) is 9.59 Å². The summed E-state index contributed by atoms with van der Waals surface area (Å²) in [4.78, 5) is 31.5. The van der Waals surface area contributed by atoms with Crippen LogP contribution in [0.2, 0.25) is 0 Å². The van der Waals surface area contributed by atoms with Crippen LogP contribution in [0.15, 0.2) is 60.9 Å². The van der Waals surface area contributed by atoms with Gasteiger partial charge in [-0.25, -0.2) is 4.79 Å². The van der Waals surface area contributed by atoms with Gasteiger partial charge in [0, 0.05) is 41.8 Å². The van der Waals surface area contributed by atoms with Gasteiger partial charge in [-0.15, -0.1) is 0 Å². The number of benzene rings is 2. The van der Waals surface area contributed by atoms with Crippen LogP contribution in [-0.2, 0) is 27.3 Å². The lowest BCUT2D eigenvalue weighted by molar-refractivity contribution is -0.145. The van der Waals surface area contributed by atoms with Crippen molar-refractivity contribution in [1.29, 1.82) is 0 Å². The molecular weight excluding hydrogens is 392 g/mol. The molecule has 0 saturated carbocycles. The number of aromatic amines is 2. The van der Waals surface area contributed by atoms with Crippen molar-refractivity contribution in [3.63, 3.8) is 0 Å². The molecule has 0 aliphatic heterocycles. The third kappa shape index (κ3) is 4.62. The van der Waals surface area contributed by atoms with E-state index < -0.39 is 18.1 Å². The number of amides is 1. The molecule has 4 rings (SSSR count). The zero-order valence-corrected chi connectivity index (χ0v) is 17.6. The van der Waals surface area contributed by atoms with Crippen molar-refractivity contribution in [2.45, 2.75) is 32.0 Å². The maximum absolute atomic E-state index is 12.8. The van der Waals surface area contributed by atoms with Crippen LogP contribution in [0.1, 0.15) is 18.1 Å². The Hall–Kier alpha value is -3.58. The molecule has 2 heterocycles. The standard InChI is InChI=1S/C24H26N4O3/c1-15(26-13-16-7-8-20-17(11-16)9-10-25-20)23(29)28-22(24(30)31-2)12-18-14-27-21-6-4-3-5-19(18)21/h3-11,14-15,22,25-27H,12-13H2,1-2H3,(H,28,29)/t15-,22+/m0/s1. The van der Waals surface area contributed by atoms with Gasteiger partial charge in [-0.05, 0) is 47.7 Å². The van der Waals surface area contributed by atoms with Crippen molar-refractivity contribution in [2.24, 2.45) is 0 Å². The number of hydrogen-bond donors (Lipinski definition) is 4. The zero-order valence-electron chi connectivity index (χ0n) is 17.6. The number of ether oxygens (including phenoxy) is 1. The van der Waals surface area contributed by atoms with Crippen LogP contribution in [0.5, 0.6) is 0 Å². The lowest BCUT2D eigenvalue weighted by Crippen LogP contribution is -2.50. The molecule has 4 aromatic rings. The van der Waals surface area contributed by atoms with E-state index in [-0.39, 0.29) is 5.91 Å². The highest BCUT2D eigenvalue weighted by atomic mass is 16.5. The van der Waals surface area contributed by atoms with Gasteiger partial charge >= 0.3 is 5.97 Å². The van der Waals surface area contributed by atoms with Gasteiger partial charge < -0.3 is 25.3 Å². The molecule has 7 nitrogen and oxygen atoms in total. The highest BCUT2D eigenvalue weighted by Gasteiger charge is 2.25. The molecule has 0 aliphatic carbocycles. The Kier molecular flexibility index (Phi) is 6.04. The van der Waals surface area contributed by atoms with Crippen LogP contribution in [0, 0.1) is 0 Å². The molecule has 2 aromatic carbocycles. The Morgan fingerprint density at radius 2 is 1.90 bits per heavy atom. The lowest BCUT2D eigenvalue weighted by atomic mass is 10.0. The van der Waals surface area contributed by atoms with Gasteiger partial charge in [-0.2, -0.15) is 0 Å². The first-order chi connectivity index (χ1) is 15.0. The fourth-order valence-electron chi connectivity index (χ4n) is 3.73. The number of esters is 1. The highest BCUT2D eigenvalue weighted by molar-refractivity contribution is 5.89. The van der Waals surface area contributed by atoms with Crippen molar-refractivity contribution in [3.05, 3.63) is 72.1 Å². The molecule has 0 radical (unpaired) electrons. The number of fused-ring (bicyclic) bond motifs is 2. The second kappa shape index (κ2) is 9.06. The van der Waals surface area contributed by atoms with Crippen LogP contribution in [0.25, 0.3) is 21.8 Å². The first-order valence-corrected chi connectivity index (χ1v) is 10.3. The summed E-state index contributed by atoms with van der Waals surface area (Å²) in [5.41, 5.74) is 4.09. The third-order valence-corrected chi connectivity index (χ3v) is 5.52. The smallest absolute Gasteiger partial charge is 0.328 e. The van der Waals surface area contributed by atoms with Crippen LogP contribution in [-0.4, -0.2) is 41.0 Å². The molecule has 31 heavy (non-hydrogen) atoms. The van der Waals surface area contributed by atoms with Gasteiger partial charge in [0.25, 0.3) is 0 Å². The Morgan fingerprint density at radius 1 is 1.06 bits per heavy atom. The predicted molar refractivity (Wildman–Crippen MR) is 121 cm³/mol. The average molecular weight is 418 g/mol. The monoisotopic (exact) mass is 418 g/mol. The van der Waals surface area contributed by atoms with E-state index in [1.54, 1.807) is 6.92 Å². The van der Waals surface area contributed by atoms with E-state index in [2.05, 4.69) is 26.7 Å². The minimum atomic E-state index is -0.767. The lowest BCUT2D eigenvalue weighted by Gasteiger charge is -2.20. The summed E-state index contributed by atoms with van der Waals surface area (Å²) in [6, 6.07) is 14.7. The minimum absolute atomic E-state index is 0.252. The van der Waals surface area contributed by atoms with E-state index in [4.69, 9.17) is 4.74 Å². The molecule has 7 heteroatoms. The SMILES string of the molecule is COC(=O)[C@@H](Cc1c[nH]c2ccccc12)NC(=O)[C@H](C)NCc1ccc2[nH]ccc2c1. The van der Waals surface area contributed by atoms with Gasteiger partial charge in [0.2, 0.25) is 5.91 Å². The number of aromatic nitrogens is 2. The van der Waals surface area contributed by atoms with E-state index in [0.717, 1.165) is 32.9 Å². The summed E-state index contributed by atoms with van der Waals surface area (Å²) in [5.74, 6) is -0.721. The van der Waals surface area contributed by atoms with Crippen LogP contribution in [0.4, 0.5) is 0 Å². The first-order valence-electron chi connectivity index (χ1n) is 10.3. The maximum Gasteiger partial charge on any atom is 0.328 e. The minimum Gasteiger partial charge on any atom is -0.467 e. The van der Waals surface area contributed by atoms with E-state index >= 15 is 0 Å². The summed E-state index contributed by atoms with van der Waals surface area (Å²) in [6.07, 6.45) is 4.11. The Bertz CT molecular complexity index is 1210. The largest absolute Gasteiger partial charge is 0.467 e. The predicted octanol–water partition coefficient (Wildman–Crippen LogP) is 3.03. The second-order valence-corrected chi connectivity index (χ2v) is 7.65. The number of carbonyl (C=O) groups excluding carboxylic acids is 2. The molecule has 0 spiro atoms. The van der Waals surface area contributed by atoms with Crippen molar-refractivity contribution in [2.75, 3.05) is 7.11 Å². The second-order valence-electron chi connectivity index (χ2n) is 7.65. The number of para-hydroxylation sites is 1. The van der Waals surface area contributed by atoms with Crippen LogP contribution in [0.3, 0.4) is 0 Å². The van der Waals surface area contributed by atoms with Crippen LogP contribution >= 0.6 is 0 Å². The van der Waals surface area contributed by atoms with Gasteiger partial charge in [0.15, 0.2) is 0 Å². The van der Waals surface area contributed by atoms with Crippen molar-refractivity contribution < 1.29 is 14.3 Å². The highest BCUT2D eigenvalue weighted by Crippen LogP contribution is 2.19. The van der Waals surface area contributed by atoms with Gasteiger partial charge in [0.1, 0.15) is 6.04 Å². The molecule has 2 aromatic heterocycles. The molecular formula is C24H26N4O3. The van der Waals surface area contributed by atoms with Gasteiger partial charge in [-0.1, -0.05) is 24.3 Å². The number of carbonyl (C=O) groups is 2. The van der Waals surface area contributed by atoms with E-state index in [0.29, 0.717) is 13.0 Å². The first kappa shape index (κ1) is 20.7. The molecule has 160 valence electrons. The Balaban J connectivity index is 1.39. The summed E-state index contributed by atoms with van der Waals surface area (Å²) in [5, 5.41) is 8.21. The number of hydrogen-bond acceptors (Lipinski definition) is 4. The van der Waals surface area contributed by atoms with Crippen molar-refractivity contribution in [3.8, 4) is 0 Å². The summed E-state index contributed by atoms with van der Waals surface area (Å²) in [6.45, 7) is 2.32. The van der Waals surface area contributed by atoms with Crippen molar-refractivity contribution in [1.82, 2.24) is 20.6 Å².